The quantitative estimate of drug-likeness (QED) is 0.703. The number of anilines is 1. The van der Waals surface area contributed by atoms with Gasteiger partial charge in [-0.05, 0) is 38.1 Å². The molecule has 2 heterocycles. The maximum atomic E-state index is 12.6. The van der Waals surface area contributed by atoms with Crippen molar-refractivity contribution in [2.45, 2.75) is 20.0 Å². The number of carbonyl (C=O) groups excluding carboxylic acids is 1. The number of thiazole rings is 1. The summed E-state index contributed by atoms with van der Waals surface area (Å²) in [5.41, 5.74) is 1.69. The Labute approximate surface area is 155 Å². The monoisotopic (exact) mass is 369 g/mol. The van der Waals surface area contributed by atoms with Crippen LogP contribution >= 0.6 is 11.3 Å². The first-order valence-corrected chi connectivity index (χ1v) is 8.98. The van der Waals surface area contributed by atoms with Gasteiger partial charge in [-0.2, -0.15) is 0 Å². The van der Waals surface area contributed by atoms with Crippen molar-refractivity contribution < 1.29 is 14.3 Å². The molecule has 3 rings (SSSR count). The van der Waals surface area contributed by atoms with E-state index in [1.54, 1.807) is 30.8 Å². The Bertz CT molecular complexity index is 908. The maximum Gasteiger partial charge on any atom is 0.275 e. The summed E-state index contributed by atoms with van der Waals surface area (Å²) < 4.78 is 11.0. The average Bonchev–Trinajstić information content (AvgIpc) is 3.13. The van der Waals surface area contributed by atoms with Gasteiger partial charge in [-0.3, -0.25) is 4.79 Å². The van der Waals surface area contributed by atoms with E-state index in [-0.39, 0.29) is 12.0 Å². The molecule has 0 unspecified atom stereocenters. The average molecular weight is 369 g/mol. The molecule has 6 nitrogen and oxygen atoms in total. The molecule has 3 aromatic rings. The number of hydrogen-bond donors (Lipinski definition) is 1. The molecule has 0 radical (unpaired) electrons. The van der Waals surface area contributed by atoms with E-state index in [2.05, 4.69) is 15.3 Å². The van der Waals surface area contributed by atoms with Gasteiger partial charge in [0.1, 0.15) is 22.1 Å². The van der Waals surface area contributed by atoms with Crippen LogP contribution in [0, 0.1) is 0 Å². The Hall–Kier alpha value is -2.93. The van der Waals surface area contributed by atoms with Crippen molar-refractivity contribution in [3.8, 4) is 22.2 Å². The van der Waals surface area contributed by atoms with E-state index < -0.39 is 0 Å². The summed E-state index contributed by atoms with van der Waals surface area (Å²) in [5.74, 6) is 0.786. The van der Waals surface area contributed by atoms with Crippen molar-refractivity contribution in [2.75, 3.05) is 12.4 Å². The highest BCUT2D eigenvalue weighted by atomic mass is 32.1. The first-order chi connectivity index (χ1) is 12.6. The van der Waals surface area contributed by atoms with Crippen molar-refractivity contribution in [1.29, 1.82) is 0 Å². The molecule has 1 N–H and O–H groups in total. The standard InChI is InChI=1S/C19H19N3O3S/c1-12(2)25-18-14(8-6-10-20-18)21-17(23)15-11-26-19(22-15)13-7-4-5-9-16(13)24-3/h4-12H,1-3H3,(H,21,23). The van der Waals surface area contributed by atoms with E-state index in [1.165, 1.54) is 11.3 Å². The molecule has 134 valence electrons. The topological polar surface area (TPSA) is 73.3 Å². The van der Waals surface area contributed by atoms with Crippen molar-refractivity contribution >= 4 is 22.9 Å². The predicted octanol–water partition coefficient (Wildman–Crippen LogP) is 4.25. The first kappa shape index (κ1) is 17.9. The highest BCUT2D eigenvalue weighted by Crippen LogP contribution is 2.32. The number of rotatable bonds is 6. The summed E-state index contributed by atoms with van der Waals surface area (Å²) in [6.45, 7) is 3.81. The third-order valence-corrected chi connectivity index (χ3v) is 4.32. The van der Waals surface area contributed by atoms with Crippen LogP contribution in [0.1, 0.15) is 24.3 Å². The number of nitrogens with zero attached hydrogens (tertiary/aromatic N) is 2. The zero-order valence-corrected chi connectivity index (χ0v) is 15.5. The minimum atomic E-state index is -0.316. The van der Waals surface area contributed by atoms with Crippen LogP contribution in [0.3, 0.4) is 0 Å². The molecule has 1 aromatic carbocycles. The highest BCUT2D eigenvalue weighted by Gasteiger charge is 2.16. The lowest BCUT2D eigenvalue weighted by Crippen LogP contribution is -2.15. The number of methoxy groups -OCH3 is 1. The van der Waals surface area contributed by atoms with Crippen molar-refractivity contribution in [3.05, 3.63) is 53.7 Å². The third kappa shape index (κ3) is 4.00. The van der Waals surface area contributed by atoms with Crippen LogP contribution in [0.15, 0.2) is 48.0 Å². The Morgan fingerprint density at radius 1 is 1.19 bits per heavy atom. The van der Waals surface area contributed by atoms with Crippen molar-refractivity contribution in [3.63, 3.8) is 0 Å². The molecule has 0 atom stereocenters. The summed E-state index contributed by atoms with van der Waals surface area (Å²) >= 11 is 1.39. The maximum absolute atomic E-state index is 12.6. The summed E-state index contributed by atoms with van der Waals surface area (Å²) in [7, 11) is 1.61. The zero-order valence-electron chi connectivity index (χ0n) is 14.7. The van der Waals surface area contributed by atoms with E-state index in [1.807, 2.05) is 38.1 Å². The fourth-order valence-corrected chi connectivity index (χ4v) is 3.14. The predicted molar refractivity (Wildman–Crippen MR) is 102 cm³/mol. The number of pyridine rings is 1. The van der Waals surface area contributed by atoms with Gasteiger partial charge in [-0.1, -0.05) is 12.1 Å². The van der Waals surface area contributed by atoms with Gasteiger partial charge in [-0.25, -0.2) is 9.97 Å². The van der Waals surface area contributed by atoms with E-state index >= 15 is 0 Å². The van der Waals surface area contributed by atoms with Crippen LogP contribution in [0.25, 0.3) is 10.6 Å². The number of hydrogen-bond acceptors (Lipinski definition) is 6. The number of ether oxygens (including phenoxy) is 2. The molecular weight excluding hydrogens is 350 g/mol. The molecule has 0 spiro atoms. The van der Waals surface area contributed by atoms with Gasteiger partial charge in [0.25, 0.3) is 5.91 Å². The normalized spacial score (nSPS) is 10.6. The van der Waals surface area contributed by atoms with Crippen molar-refractivity contribution in [2.24, 2.45) is 0 Å². The molecule has 0 saturated heterocycles. The lowest BCUT2D eigenvalue weighted by atomic mass is 10.2. The van der Waals surface area contributed by atoms with Crippen LogP contribution in [-0.2, 0) is 0 Å². The van der Waals surface area contributed by atoms with E-state index in [4.69, 9.17) is 9.47 Å². The molecule has 2 aromatic heterocycles. The fraction of sp³-hybridized carbons (Fsp3) is 0.211. The number of nitrogens with one attached hydrogen (secondary N) is 1. The number of carbonyl (C=O) groups is 1. The van der Waals surface area contributed by atoms with Gasteiger partial charge in [-0.15, -0.1) is 11.3 Å². The van der Waals surface area contributed by atoms with Crippen LogP contribution < -0.4 is 14.8 Å². The van der Waals surface area contributed by atoms with Gasteiger partial charge in [0.15, 0.2) is 0 Å². The van der Waals surface area contributed by atoms with Gasteiger partial charge < -0.3 is 14.8 Å². The van der Waals surface area contributed by atoms with Gasteiger partial charge >= 0.3 is 0 Å². The van der Waals surface area contributed by atoms with Gasteiger partial charge in [0.2, 0.25) is 5.88 Å². The van der Waals surface area contributed by atoms with E-state index in [9.17, 15) is 4.79 Å². The molecule has 7 heteroatoms. The number of amides is 1. The van der Waals surface area contributed by atoms with Gasteiger partial charge in [0, 0.05) is 11.6 Å². The second kappa shape index (κ2) is 7.97. The molecule has 26 heavy (non-hydrogen) atoms. The third-order valence-electron chi connectivity index (χ3n) is 3.44. The minimum Gasteiger partial charge on any atom is -0.496 e. The Kier molecular flexibility index (Phi) is 5.48. The molecule has 0 fully saturated rings. The summed E-state index contributed by atoms with van der Waals surface area (Å²) in [6, 6.07) is 11.1. The zero-order chi connectivity index (χ0) is 18.5. The van der Waals surface area contributed by atoms with Crippen LogP contribution in [-0.4, -0.2) is 29.1 Å². The smallest absolute Gasteiger partial charge is 0.275 e. The molecule has 0 aliphatic rings. The first-order valence-electron chi connectivity index (χ1n) is 8.10. The van der Waals surface area contributed by atoms with E-state index in [0.717, 1.165) is 10.6 Å². The lowest BCUT2D eigenvalue weighted by Gasteiger charge is -2.12. The highest BCUT2D eigenvalue weighted by molar-refractivity contribution is 7.13. The lowest BCUT2D eigenvalue weighted by molar-refractivity contribution is 0.102. The molecule has 0 bridgehead atoms. The van der Waals surface area contributed by atoms with Crippen LogP contribution in [0.5, 0.6) is 11.6 Å². The second-order valence-corrected chi connectivity index (χ2v) is 6.57. The van der Waals surface area contributed by atoms with Gasteiger partial charge in [0.05, 0.1) is 18.8 Å². The molecular formula is C19H19N3O3S. The number of aromatic nitrogens is 2. The van der Waals surface area contributed by atoms with Crippen molar-refractivity contribution in [1.82, 2.24) is 9.97 Å². The fourth-order valence-electron chi connectivity index (χ4n) is 2.31. The summed E-state index contributed by atoms with van der Waals surface area (Å²) in [6.07, 6.45) is 1.58. The summed E-state index contributed by atoms with van der Waals surface area (Å²) in [5, 5.41) is 5.25. The Balaban J connectivity index is 1.81. The van der Waals surface area contributed by atoms with Crippen LogP contribution in [0.4, 0.5) is 5.69 Å². The molecule has 1 amide bonds. The Morgan fingerprint density at radius 2 is 2.00 bits per heavy atom. The molecule has 0 aliphatic heterocycles. The Morgan fingerprint density at radius 3 is 2.77 bits per heavy atom. The summed E-state index contributed by atoms with van der Waals surface area (Å²) in [4.78, 5) is 21.2. The number of para-hydroxylation sites is 1. The van der Waals surface area contributed by atoms with Crippen LogP contribution in [0.2, 0.25) is 0 Å². The second-order valence-electron chi connectivity index (χ2n) is 5.72. The SMILES string of the molecule is COc1ccccc1-c1nc(C(=O)Nc2cccnc2OC(C)C)cs1. The van der Waals surface area contributed by atoms with E-state index in [0.29, 0.717) is 23.0 Å². The molecule has 0 aliphatic carbocycles. The molecule has 0 saturated carbocycles. The largest absolute Gasteiger partial charge is 0.496 e. The minimum absolute atomic E-state index is 0.0445. The number of benzene rings is 1.